The van der Waals surface area contributed by atoms with Crippen molar-refractivity contribution in [1.82, 2.24) is 29.4 Å². The Morgan fingerprint density at radius 2 is 1.76 bits per heavy atom. The van der Waals surface area contributed by atoms with E-state index in [9.17, 15) is 17.6 Å². The Hall–Kier alpha value is -3.94. The van der Waals surface area contributed by atoms with E-state index in [0.29, 0.717) is 56.4 Å². The summed E-state index contributed by atoms with van der Waals surface area (Å²) in [7, 11) is -3.62. The third-order valence-corrected chi connectivity index (χ3v) is 8.05. The summed E-state index contributed by atoms with van der Waals surface area (Å²) >= 11 is 0. The van der Waals surface area contributed by atoms with Gasteiger partial charge in [0.2, 0.25) is 10.0 Å². The van der Waals surface area contributed by atoms with Crippen LogP contribution in [0.15, 0.2) is 66.0 Å². The number of ether oxygens (including phenoxy) is 1. The van der Waals surface area contributed by atoms with Crippen LogP contribution in [0.3, 0.4) is 0 Å². The Balaban J connectivity index is 1.17. The molecular weight excluding hydrogens is 513 g/mol. The van der Waals surface area contributed by atoms with Crippen molar-refractivity contribution in [3.63, 3.8) is 0 Å². The molecule has 198 valence electrons. The largest absolute Gasteiger partial charge is 0.379 e. The van der Waals surface area contributed by atoms with Crippen molar-refractivity contribution in [2.75, 3.05) is 38.2 Å². The van der Waals surface area contributed by atoms with E-state index in [2.05, 4.69) is 25.7 Å². The standard InChI is InChI=1S/C25H26FN7O4S/c26-20-5-1-18(2-6-20)15-28-23-22-16-31-33(24(22)30-17-29-23)10-9-27-25(34)19-3-7-21(8-4-19)38(35,36)32-11-13-37-14-12-32/h1-8,16-17H,9-15H2,(H,27,34)(H,28,29,30). The van der Waals surface area contributed by atoms with Crippen LogP contribution in [0.5, 0.6) is 0 Å². The van der Waals surface area contributed by atoms with Gasteiger partial charge in [-0.1, -0.05) is 12.1 Å². The third-order valence-electron chi connectivity index (χ3n) is 6.14. The van der Waals surface area contributed by atoms with Crippen molar-refractivity contribution < 1.29 is 22.3 Å². The van der Waals surface area contributed by atoms with Gasteiger partial charge in [0.25, 0.3) is 5.91 Å². The van der Waals surface area contributed by atoms with Crippen LogP contribution < -0.4 is 10.6 Å². The maximum absolute atomic E-state index is 13.1. The highest BCUT2D eigenvalue weighted by Crippen LogP contribution is 2.20. The van der Waals surface area contributed by atoms with Gasteiger partial charge in [-0.2, -0.15) is 9.40 Å². The second kappa shape index (κ2) is 11.2. The zero-order valence-corrected chi connectivity index (χ0v) is 21.2. The normalized spacial score (nSPS) is 14.4. The number of aromatic nitrogens is 4. The summed E-state index contributed by atoms with van der Waals surface area (Å²) in [5.74, 6) is -0.0185. The summed E-state index contributed by atoms with van der Waals surface area (Å²) in [4.78, 5) is 21.4. The molecule has 0 spiro atoms. The summed E-state index contributed by atoms with van der Waals surface area (Å²) in [5, 5.41) is 11.1. The highest BCUT2D eigenvalue weighted by atomic mass is 32.2. The topological polar surface area (TPSA) is 131 Å². The molecule has 1 aliphatic rings. The number of hydrogen-bond donors (Lipinski definition) is 2. The van der Waals surface area contributed by atoms with Gasteiger partial charge in [-0.05, 0) is 42.0 Å². The van der Waals surface area contributed by atoms with Crippen LogP contribution in [0.1, 0.15) is 15.9 Å². The van der Waals surface area contributed by atoms with E-state index in [1.54, 1.807) is 23.0 Å². The highest BCUT2D eigenvalue weighted by molar-refractivity contribution is 7.89. The van der Waals surface area contributed by atoms with Crippen LogP contribution in [-0.4, -0.2) is 71.2 Å². The van der Waals surface area contributed by atoms with Gasteiger partial charge in [-0.3, -0.25) is 4.79 Å². The van der Waals surface area contributed by atoms with Crippen LogP contribution in [0, 0.1) is 5.82 Å². The number of nitrogens with zero attached hydrogens (tertiary/aromatic N) is 5. The number of rotatable bonds is 9. The van der Waals surface area contributed by atoms with Gasteiger partial charge in [0.05, 0.1) is 36.2 Å². The van der Waals surface area contributed by atoms with Gasteiger partial charge in [0, 0.05) is 31.7 Å². The van der Waals surface area contributed by atoms with Gasteiger partial charge in [0.1, 0.15) is 18.0 Å². The third kappa shape index (κ3) is 5.64. The molecule has 3 heterocycles. The van der Waals surface area contributed by atoms with Gasteiger partial charge in [-0.15, -0.1) is 0 Å². The molecule has 1 aliphatic heterocycles. The number of nitrogens with one attached hydrogen (secondary N) is 2. The number of hydrogen-bond acceptors (Lipinski definition) is 8. The monoisotopic (exact) mass is 539 g/mol. The lowest BCUT2D eigenvalue weighted by Gasteiger charge is -2.26. The Bertz CT molecular complexity index is 1520. The van der Waals surface area contributed by atoms with E-state index >= 15 is 0 Å². The second-order valence-corrected chi connectivity index (χ2v) is 10.5. The molecule has 0 radical (unpaired) electrons. The van der Waals surface area contributed by atoms with E-state index in [0.717, 1.165) is 10.9 Å². The zero-order chi connectivity index (χ0) is 26.5. The lowest BCUT2D eigenvalue weighted by atomic mass is 10.2. The minimum Gasteiger partial charge on any atom is -0.379 e. The lowest BCUT2D eigenvalue weighted by molar-refractivity contribution is 0.0730. The first-order chi connectivity index (χ1) is 18.4. The SMILES string of the molecule is O=C(NCCn1ncc2c(NCc3ccc(F)cc3)ncnc21)c1ccc(S(=O)(=O)N2CCOCC2)cc1. The molecule has 1 saturated heterocycles. The number of amides is 1. The van der Waals surface area contributed by atoms with Crippen molar-refractivity contribution in [2.24, 2.45) is 0 Å². The molecular formula is C25H26FN7O4S. The Labute approximate surface area is 218 Å². The fourth-order valence-corrected chi connectivity index (χ4v) is 5.49. The highest BCUT2D eigenvalue weighted by Gasteiger charge is 2.26. The number of anilines is 1. The Kier molecular flexibility index (Phi) is 7.58. The number of sulfonamides is 1. The summed E-state index contributed by atoms with van der Waals surface area (Å²) in [6.45, 7) is 2.46. The van der Waals surface area contributed by atoms with E-state index in [-0.39, 0.29) is 23.2 Å². The number of halogens is 1. The zero-order valence-electron chi connectivity index (χ0n) is 20.4. The van der Waals surface area contributed by atoms with Crippen molar-refractivity contribution in [2.45, 2.75) is 18.0 Å². The molecule has 2 aromatic carbocycles. The molecule has 2 aromatic heterocycles. The van der Waals surface area contributed by atoms with Crippen molar-refractivity contribution >= 4 is 32.8 Å². The summed E-state index contributed by atoms with van der Waals surface area (Å²) < 4.78 is 46.9. The first-order valence-electron chi connectivity index (χ1n) is 12.0. The fourth-order valence-electron chi connectivity index (χ4n) is 4.08. The molecule has 2 N–H and O–H groups in total. The van der Waals surface area contributed by atoms with Crippen molar-refractivity contribution in [1.29, 1.82) is 0 Å². The van der Waals surface area contributed by atoms with E-state index in [1.807, 2.05) is 0 Å². The van der Waals surface area contributed by atoms with Crippen molar-refractivity contribution in [3.8, 4) is 0 Å². The van der Waals surface area contributed by atoms with Crippen LogP contribution in [0.2, 0.25) is 0 Å². The molecule has 0 unspecified atom stereocenters. The molecule has 1 amide bonds. The molecule has 13 heteroatoms. The fraction of sp³-hybridized carbons (Fsp3) is 0.280. The first-order valence-corrected chi connectivity index (χ1v) is 13.5. The van der Waals surface area contributed by atoms with E-state index < -0.39 is 10.0 Å². The van der Waals surface area contributed by atoms with Gasteiger partial charge < -0.3 is 15.4 Å². The molecule has 0 bridgehead atoms. The van der Waals surface area contributed by atoms with Gasteiger partial charge in [-0.25, -0.2) is 27.5 Å². The average molecular weight is 540 g/mol. The van der Waals surface area contributed by atoms with Crippen molar-refractivity contribution in [3.05, 3.63) is 78.0 Å². The molecule has 5 rings (SSSR count). The average Bonchev–Trinajstić information content (AvgIpc) is 3.37. The second-order valence-electron chi connectivity index (χ2n) is 8.60. The number of carbonyl (C=O) groups excluding carboxylic acids is 1. The molecule has 0 atom stereocenters. The molecule has 11 nitrogen and oxygen atoms in total. The summed E-state index contributed by atoms with van der Waals surface area (Å²) in [6.07, 6.45) is 3.08. The van der Waals surface area contributed by atoms with E-state index in [1.165, 1.54) is 47.0 Å². The minimum absolute atomic E-state index is 0.141. The van der Waals surface area contributed by atoms with Crippen LogP contribution in [0.4, 0.5) is 10.2 Å². The minimum atomic E-state index is -3.62. The molecule has 38 heavy (non-hydrogen) atoms. The molecule has 0 aliphatic carbocycles. The molecule has 0 saturated carbocycles. The summed E-state index contributed by atoms with van der Waals surface area (Å²) in [6, 6.07) is 12.1. The van der Waals surface area contributed by atoms with Crippen LogP contribution >= 0.6 is 0 Å². The number of fused-ring (bicyclic) bond motifs is 1. The predicted octanol–water partition coefficient (Wildman–Crippen LogP) is 2.03. The smallest absolute Gasteiger partial charge is 0.251 e. The molecule has 4 aromatic rings. The van der Waals surface area contributed by atoms with Crippen LogP contribution in [-0.2, 0) is 27.8 Å². The maximum atomic E-state index is 13.1. The quantitative estimate of drug-likeness (QED) is 0.330. The van der Waals surface area contributed by atoms with Crippen LogP contribution in [0.25, 0.3) is 11.0 Å². The first kappa shape index (κ1) is 25.7. The van der Waals surface area contributed by atoms with Gasteiger partial charge in [0.15, 0.2) is 5.65 Å². The number of morpholine rings is 1. The molecule has 1 fully saturated rings. The number of carbonyl (C=O) groups is 1. The Morgan fingerprint density at radius 3 is 2.50 bits per heavy atom. The maximum Gasteiger partial charge on any atom is 0.251 e. The summed E-state index contributed by atoms with van der Waals surface area (Å²) in [5.41, 5.74) is 1.86. The Morgan fingerprint density at radius 1 is 1.03 bits per heavy atom. The predicted molar refractivity (Wildman–Crippen MR) is 137 cm³/mol. The van der Waals surface area contributed by atoms with Gasteiger partial charge >= 0.3 is 0 Å². The number of benzene rings is 2. The lowest BCUT2D eigenvalue weighted by Crippen LogP contribution is -2.40. The van der Waals surface area contributed by atoms with E-state index in [4.69, 9.17) is 4.74 Å².